The van der Waals surface area contributed by atoms with Crippen LogP contribution in [0.15, 0.2) is 121 Å². The van der Waals surface area contributed by atoms with Crippen LogP contribution in [-0.4, -0.2) is 216 Å². The van der Waals surface area contributed by atoms with Crippen LogP contribution in [0.2, 0.25) is 0 Å². The number of nitro groups is 2. The minimum Gasteiger partial charge on any atom is -0.444 e. The van der Waals surface area contributed by atoms with Gasteiger partial charge in [0, 0.05) is 136 Å². The first-order chi connectivity index (χ1) is 59.2. The largest absolute Gasteiger partial charge is 0.444 e. The van der Waals surface area contributed by atoms with E-state index in [2.05, 4.69) is 41.9 Å². The summed E-state index contributed by atoms with van der Waals surface area (Å²) in [7, 11) is 0. The van der Waals surface area contributed by atoms with E-state index in [0.717, 1.165) is 105 Å². The molecule has 7 amide bonds. The molecule has 33 heteroatoms. The number of nitrogens with two attached hydrogens (primary N) is 2. The van der Waals surface area contributed by atoms with Crippen molar-refractivity contribution in [3.8, 4) is 0 Å². The Morgan fingerprint density at radius 1 is 0.438 bits per heavy atom. The Kier molecular flexibility index (Phi) is 39.1. The first kappa shape index (κ1) is 106. The Bertz CT molecular complexity index is 4550. The number of fused-ring (bicyclic) bond motifs is 2. The molecule has 8 aliphatic heterocycles. The van der Waals surface area contributed by atoms with Crippen LogP contribution < -0.4 is 37.2 Å². The van der Waals surface area contributed by atoms with E-state index in [1.54, 1.807) is 37.8 Å². The molecular weight excluding hydrogens is 1660 g/mol. The van der Waals surface area contributed by atoms with Crippen LogP contribution in [-0.2, 0) is 50.9 Å². The standard InChI is InChI=1S/C19H26N2O3.C17H25N3O4.C17H27N3O2.C14H18N2O.C11H22N2O2.C11H19NO3.C6H4FNO2.ClH/c1-13-11-15(9-10-20(13)18(23)24-19(2,3)4)21-16-8-6-5-7-14(16)12-17(21)22;1-12-11-13(9-10-19(12)16(21)24-17(2,3)4)18-14-7-5-6-8-15(14)20(22)23;1-12-11-13(19-15-8-6-5-7-14(15)18)9-10-20(12)16(21)22-17(2,3)4;1-10-8-12(6-7-15-10)16-13-5-3-2-4-11(13)9-14(16)17;1-8-7-9(12)5-6-13(8)10(14)15-11(2,3)4;1-8-7-9(13)5-6-12(8)10(14)15-11(2,3)4;7-5-3-1-2-4-6(5)8(9)10;/h5-8,13,15H,9-12H2,1-4H3;5-8,12-13,18H,9-11H2,1-4H3;5-8,12-13,19H,9-11,18H2,1-4H3;2-5,10,12,15H,6-9H2,1H3;8-9H,5-7,12H2,1-4H3;8H,5-7H2,1-4H3;1-4H;1H. The number of Topliss-reactive ketones (excluding diaryl/α,β-unsaturated/α-hetero) is 1. The number of carbonyl (C=O) groups is 8. The third-order valence-electron chi connectivity index (χ3n) is 22.2. The first-order valence-corrected chi connectivity index (χ1v) is 44.5. The lowest BCUT2D eigenvalue weighted by molar-refractivity contribution is -0.387. The van der Waals surface area contributed by atoms with Gasteiger partial charge in [-0.2, -0.15) is 4.39 Å². The van der Waals surface area contributed by atoms with Crippen LogP contribution >= 0.6 is 12.4 Å². The van der Waals surface area contributed by atoms with Gasteiger partial charge in [0.25, 0.3) is 5.69 Å². The zero-order valence-corrected chi connectivity index (χ0v) is 79.8. The topological polar surface area (TPSA) is 380 Å². The average molecular weight is 1810 g/mol. The number of hydrogen-bond donors (Lipinski definition) is 5. The van der Waals surface area contributed by atoms with E-state index >= 15 is 0 Å². The van der Waals surface area contributed by atoms with Crippen molar-refractivity contribution in [2.75, 3.05) is 65.4 Å². The number of carbonyl (C=O) groups excluding carboxylic acids is 8. The van der Waals surface area contributed by atoms with Gasteiger partial charge in [-0.25, -0.2) is 24.0 Å². The maximum absolute atomic E-state index is 12.5. The van der Waals surface area contributed by atoms with Gasteiger partial charge < -0.3 is 85.4 Å². The predicted molar refractivity (Wildman–Crippen MR) is 500 cm³/mol. The Morgan fingerprint density at radius 2 is 0.789 bits per heavy atom. The van der Waals surface area contributed by atoms with Crippen molar-refractivity contribution in [2.24, 2.45) is 5.73 Å². The maximum atomic E-state index is 12.5. The number of anilines is 5. The van der Waals surface area contributed by atoms with Gasteiger partial charge in [-0.1, -0.05) is 72.8 Å². The van der Waals surface area contributed by atoms with Crippen molar-refractivity contribution >= 4 is 100 Å². The fraction of sp³-hybridized carbons (Fsp3) is 0.600. The second kappa shape index (κ2) is 47.1. The van der Waals surface area contributed by atoms with E-state index in [1.165, 1.54) is 23.8 Å². The summed E-state index contributed by atoms with van der Waals surface area (Å²) in [5.41, 5.74) is 15.7. The van der Waals surface area contributed by atoms with Gasteiger partial charge in [0.15, 0.2) is 0 Å². The minimum atomic E-state index is -0.799. The second-order valence-electron chi connectivity index (χ2n) is 39.0. The van der Waals surface area contributed by atoms with Gasteiger partial charge in [-0.15, -0.1) is 12.4 Å². The number of halogens is 2. The molecular formula is C95H142ClFN14O17. The molecule has 0 saturated carbocycles. The van der Waals surface area contributed by atoms with Gasteiger partial charge in [-0.05, 0) is 264 Å². The van der Waals surface area contributed by atoms with Crippen molar-refractivity contribution < 1.29 is 76.3 Å². The zero-order chi connectivity index (χ0) is 94.4. The second-order valence-corrected chi connectivity index (χ2v) is 39.0. The van der Waals surface area contributed by atoms with Gasteiger partial charge in [0.1, 0.15) is 39.5 Å². The molecule has 8 heterocycles. The summed E-state index contributed by atoms with van der Waals surface area (Å²) in [6.07, 6.45) is 9.22. The van der Waals surface area contributed by atoms with Crippen molar-refractivity contribution in [1.29, 1.82) is 0 Å². The molecule has 11 atom stereocenters. The van der Waals surface area contributed by atoms with Gasteiger partial charge in [0.05, 0.1) is 34.1 Å². The van der Waals surface area contributed by atoms with E-state index in [0.29, 0.717) is 88.6 Å². The minimum absolute atomic E-state index is 0. The molecule has 5 aromatic carbocycles. The highest BCUT2D eigenvalue weighted by molar-refractivity contribution is 6.02. The third-order valence-corrected chi connectivity index (χ3v) is 22.2. The molecule has 5 aromatic rings. The smallest absolute Gasteiger partial charge is 0.410 e. The molecule has 0 aromatic heterocycles. The third kappa shape index (κ3) is 33.5. The number of ketones is 1. The lowest BCUT2D eigenvalue weighted by atomic mass is 9.97. The normalized spacial score (nSPS) is 22.7. The molecule has 0 spiro atoms. The van der Waals surface area contributed by atoms with Crippen molar-refractivity contribution in [1.82, 2.24) is 29.8 Å². The fourth-order valence-corrected chi connectivity index (χ4v) is 16.3. The number of nitrogen functional groups attached to an aromatic ring is 1. The number of rotatable bonds is 8. The van der Waals surface area contributed by atoms with Crippen LogP contribution in [0.5, 0.6) is 0 Å². The number of likely N-dealkylation sites (tertiary alicyclic amines) is 5. The molecule has 128 heavy (non-hydrogen) atoms. The van der Waals surface area contributed by atoms with Gasteiger partial charge in [-0.3, -0.25) is 34.6 Å². The Morgan fingerprint density at radius 3 is 1.17 bits per heavy atom. The fourth-order valence-electron chi connectivity index (χ4n) is 16.3. The molecule has 0 aliphatic carbocycles. The molecule has 7 N–H and O–H groups in total. The molecule has 0 radical (unpaired) electrons. The number of nitrogens with zero attached hydrogens (tertiary/aromatic N) is 9. The van der Waals surface area contributed by atoms with E-state index < -0.39 is 44.4 Å². The summed E-state index contributed by atoms with van der Waals surface area (Å²) in [5.74, 6) is -0.140. The Labute approximate surface area is 762 Å². The quantitative estimate of drug-likeness (QED) is 0.0417. The van der Waals surface area contributed by atoms with Crippen molar-refractivity contribution in [3.63, 3.8) is 0 Å². The molecule has 8 aliphatic rings. The number of amides is 7. The lowest BCUT2D eigenvalue weighted by Gasteiger charge is -2.41. The highest BCUT2D eigenvalue weighted by Crippen LogP contribution is 2.38. The van der Waals surface area contributed by atoms with Crippen LogP contribution in [0.3, 0.4) is 0 Å². The van der Waals surface area contributed by atoms with Gasteiger partial charge in [0.2, 0.25) is 17.6 Å². The lowest BCUT2D eigenvalue weighted by Crippen LogP contribution is -2.52. The number of hydrogen-bond acceptors (Lipinski definition) is 22. The summed E-state index contributed by atoms with van der Waals surface area (Å²) >= 11 is 0. The predicted octanol–water partition coefficient (Wildman–Crippen LogP) is 18.2. The monoisotopic (exact) mass is 1810 g/mol. The SMILES string of the molecule is CC1CC(=O)CCN1C(=O)OC(C)(C)C.CC1CC(N)CCN1C(=O)OC(C)(C)C.CC1CC(N2C(=O)Cc3ccccc32)CCN1.CC1CC(N2C(=O)Cc3ccccc32)CCN1C(=O)OC(C)(C)C.CC1CC(Nc2ccccc2N)CCN1C(=O)OC(C)(C)C.CC1CC(Nc2ccccc2[N+](=O)[O-])CCN1C(=O)OC(C)(C)C.Cl.O=[N+]([O-])c1ccccc1F. The molecule has 708 valence electrons. The highest BCUT2D eigenvalue weighted by Gasteiger charge is 2.42. The van der Waals surface area contributed by atoms with E-state index in [4.69, 9.17) is 35.2 Å². The summed E-state index contributed by atoms with van der Waals surface area (Å²) in [5, 5.41) is 31.3. The molecule has 6 saturated heterocycles. The molecule has 6 fully saturated rings. The molecule has 31 nitrogen and oxygen atoms in total. The van der Waals surface area contributed by atoms with E-state index in [1.807, 2.05) is 207 Å². The van der Waals surface area contributed by atoms with E-state index in [9.17, 15) is 63.0 Å². The summed E-state index contributed by atoms with van der Waals surface area (Å²) in [4.78, 5) is 129. The van der Waals surface area contributed by atoms with Crippen LogP contribution in [0.25, 0.3) is 0 Å². The van der Waals surface area contributed by atoms with Crippen molar-refractivity contribution in [3.05, 3.63) is 159 Å². The summed E-state index contributed by atoms with van der Waals surface area (Å²) < 4.78 is 39.4. The molecule has 0 bridgehead atoms. The zero-order valence-electron chi connectivity index (χ0n) is 78.9. The maximum Gasteiger partial charge on any atom is 0.410 e. The molecule has 13 rings (SSSR count). The average Bonchev–Trinajstić information content (AvgIpc) is 1.63. The van der Waals surface area contributed by atoms with E-state index in [-0.39, 0.29) is 119 Å². The Hall–Kier alpha value is -10.6. The number of para-hydroxylation sites is 7. The number of piperidine rings is 6. The first-order valence-electron chi connectivity index (χ1n) is 44.5. The summed E-state index contributed by atoms with van der Waals surface area (Å²) in [6.45, 7) is 44.2. The number of benzene rings is 5. The number of nitro benzene ring substituents is 2. The number of nitrogens with one attached hydrogen (secondary N) is 3. The molecule has 11 unspecified atom stereocenters. The van der Waals surface area contributed by atoms with Gasteiger partial charge >= 0.3 is 36.2 Å². The van der Waals surface area contributed by atoms with Crippen LogP contribution in [0.1, 0.15) is 234 Å². The summed E-state index contributed by atoms with van der Waals surface area (Å²) in [6, 6.07) is 37.6. The van der Waals surface area contributed by atoms with Crippen molar-refractivity contribution in [2.45, 2.75) is 330 Å². The highest BCUT2D eigenvalue weighted by atomic mass is 35.5. The number of ether oxygens (including phenoxy) is 5. The Balaban J connectivity index is 0.000000233. The van der Waals surface area contributed by atoms with Crippen LogP contribution in [0, 0.1) is 26.0 Å². The van der Waals surface area contributed by atoms with Crippen LogP contribution in [0.4, 0.5) is 68.2 Å².